The third kappa shape index (κ3) is 10.4. The number of halogens is 1. The van der Waals surface area contributed by atoms with E-state index in [4.69, 9.17) is 11.6 Å². The molecule has 5 rings (SSSR count). The summed E-state index contributed by atoms with van der Waals surface area (Å²) >= 11 is 6.38. The molecule has 0 radical (unpaired) electrons. The molecule has 1 saturated heterocycles. The van der Waals surface area contributed by atoms with E-state index in [1.54, 1.807) is 42.5 Å². The molecule has 1 aliphatic carbocycles. The first-order valence-electron chi connectivity index (χ1n) is 16.7. The van der Waals surface area contributed by atoms with Crippen LogP contribution in [0.5, 0.6) is 0 Å². The lowest BCUT2D eigenvalue weighted by Gasteiger charge is -2.28. The van der Waals surface area contributed by atoms with E-state index in [-0.39, 0.29) is 49.8 Å². The number of nitrogens with one attached hydrogen (secondary N) is 6. The Morgan fingerprint density at radius 2 is 1.46 bits per heavy atom. The van der Waals surface area contributed by atoms with E-state index in [1.807, 2.05) is 36.4 Å². The molecule has 6 N–H and O–H groups in total. The van der Waals surface area contributed by atoms with Crippen LogP contribution in [-0.2, 0) is 48.0 Å². The number of amides is 6. The van der Waals surface area contributed by atoms with Gasteiger partial charge in [0.05, 0.1) is 13.0 Å². The van der Waals surface area contributed by atoms with Crippen molar-refractivity contribution in [2.75, 3.05) is 11.9 Å². The van der Waals surface area contributed by atoms with Crippen LogP contribution in [0.25, 0.3) is 0 Å². The molecular weight excluding hydrogens is 660 g/mol. The molecule has 3 aromatic rings. The second-order valence-electron chi connectivity index (χ2n) is 13.0. The fraction of sp³-hybridized carbons (Fsp3) is 0.351. The first kappa shape index (κ1) is 36.1. The normalized spacial score (nSPS) is 18.6. The van der Waals surface area contributed by atoms with Crippen molar-refractivity contribution in [3.8, 4) is 0 Å². The average Bonchev–Trinajstić information content (AvgIpc) is 3.54. The van der Waals surface area contributed by atoms with Crippen molar-refractivity contribution in [1.29, 1.82) is 0 Å². The maximum absolute atomic E-state index is 13.5. The smallest absolute Gasteiger partial charge is 0.257 e. The molecular formula is C37H41ClN6O6. The van der Waals surface area contributed by atoms with Gasteiger partial charge in [-0.15, -0.1) is 0 Å². The van der Waals surface area contributed by atoms with Gasteiger partial charge in [-0.1, -0.05) is 85.1 Å². The second kappa shape index (κ2) is 16.9. The number of carbonyl (C=O) groups excluding carboxylic acids is 6. The van der Waals surface area contributed by atoms with Crippen molar-refractivity contribution >= 4 is 52.7 Å². The number of carbonyl (C=O) groups is 6. The van der Waals surface area contributed by atoms with Crippen molar-refractivity contribution in [3.05, 3.63) is 101 Å². The first-order valence-corrected chi connectivity index (χ1v) is 17.1. The zero-order valence-electron chi connectivity index (χ0n) is 27.6. The van der Waals surface area contributed by atoms with E-state index >= 15 is 0 Å². The Kier molecular flexibility index (Phi) is 12.2. The molecule has 0 unspecified atom stereocenters. The van der Waals surface area contributed by atoms with Crippen LogP contribution >= 0.6 is 11.6 Å². The van der Waals surface area contributed by atoms with Crippen LogP contribution in [0.1, 0.15) is 55.2 Å². The van der Waals surface area contributed by atoms with Crippen LogP contribution in [0.15, 0.2) is 78.9 Å². The van der Waals surface area contributed by atoms with Crippen LogP contribution < -0.4 is 32.1 Å². The van der Waals surface area contributed by atoms with Crippen LogP contribution in [0.4, 0.5) is 5.69 Å². The summed E-state index contributed by atoms with van der Waals surface area (Å²) < 4.78 is 0. The van der Waals surface area contributed by atoms with Gasteiger partial charge >= 0.3 is 0 Å². The summed E-state index contributed by atoms with van der Waals surface area (Å²) in [6.45, 7) is -0.390. The molecule has 2 atom stereocenters. The van der Waals surface area contributed by atoms with E-state index in [2.05, 4.69) is 32.1 Å². The van der Waals surface area contributed by atoms with Crippen molar-refractivity contribution in [2.45, 2.75) is 69.9 Å². The monoisotopic (exact) mass is 700 g/mol. The minimum atomic E-state index is -0.988. The Morgan fingerprint density at radius 3 is 2.18 bits per heavy atom. The van der Waals surface area contributed by atoms with E-state index in [0.29, 0.717) is 34.7 Å². The van der Waals surface area contributed by atoms with Gasteiger partial charge in [0, 0.05) is 36.4 Å². The molecule has 1 spiro atoms. The van der Waals surface area contributed by atoms with Crippen LogP contribution in [0, 0.1) is 5.41 Å². The summed E-state index contributed by atoms with van der Waals surface area (Å²) in [5.74, 6) is -2.63. The number of hydrazine groups is 1. The molecule has 12 nitrogen and oxygen atoms in total. The highest BCUT2D eigenvalue weighted by Crippen LogP contribution is 2.44. The zero-order chi connectivity index (χ0) is 35.5. The molecule has 6 amide bonds. The van der Waals surface area contributed by atoms with E-state index in [0.717, 1.165) is 18.4 Å². The number of hydrogen-bond acceptors (Lipinski definition) is 6. The highest BCUT2D eigenvalue weighted by molar-refractivity contribution is 6.31. The fourth-order valence-electron chi connectivity index (χ4n) is 6.50. The lowest BCUT2D eigenvalue weighted by atomic mass is 9.79. The summed E-state index contributed by atoms with van der Waals surface area (Å²) in [5, 5.41) is 11.5. The van der Waals surface area contributed by atoms with Crippen molar-refractivity contribution in [2.24, 2.45) is 5.41 Å². The predicted molar refractivity (Wildman–Crippen MR) is 187 cm³/mol. The van der Waals surface area contributed by atoms with Gasteiger partial charge in [-0.3, -0.25) is 39.6 Å². The van der Waals surface area contributed by atoms with Gasteiger partial charge in [-0.2, -0.15) is 0 Å². The Hall–Kier alpha value is -5.23. The zero-order valence-corrected chi connectivity index (χ0v) is 28.3. The van der Waals surface area contributed by atoms with E-state index in [9.17, 15) is 28.8 Å². The number of anilines is 1. The van der Waals surface area contributed by atoms with E-state index < -0.39 is 41.8 Å². The van der Waals surface area contributed by atoms with Crippen LogP contribution in [-0.4, -0.2) is 54.1 Å². The maximum Gasteiger partial charge on any atom is 0.257 e. The average molecular weight is 701 g/mol. The minimum absolute atomic E-state index is 0.0837. The number of hydrogen-bond donors (Lipinski definition) is 6. The SMILES string of the molecule is O=C1CNC(=O)[C@@H](Cc2ccc(NC(=O)[C@H](Cc3ccccc3Cl)NC(=O)Cc3ccccc3)cc2)NC(=O)CC2(CCCC2)CC(=O)NN1. The van der Waals surface area contributed by atoms with Gasteiger partial charge in [0.15, 0.2) is 0 Å². The van der Waals surface area contributed by atoms with Gasteiger partial charge in [0.2, 0.25) is 29.5 Å². The molecule has 2 fully saturated rings. The van der Waals surface area contributed by atoms with Crippen LogP contribution in [0.2, 0.25) is 5.02 Å². The standard InChI is InChI=1S/C37H41ClN6O6/c38-28-11-5-4-10-26(28)20-30(41-31(45)19-24-8-2-1-3-9-24)36(50)40-27-14-12-25(13-15-27)18-29-35(49)39-23-34(48)44-43-33(47)22-37(16-6-7-17-37)21-32(46)42-29/h1-5,8-15,29-30H,6-7,16-23H2,(H,39,49)(H,40,50)(H,41,45)(H,42,46)(H,43,47)(H,44,48)/t29-,30+/m1/s1. The quantitative estimate of drug-likeness (QED) is 0.200. The van der Waals surface area contributed by atoms with Gasteiger partial charge in [-0.25, -0.2) is 0 Å². The topological polar surface area (TPSA) is 175 Å². The third-order valence-corrected chi connectivity index (χ3v) is 9.42. The largest absolute Gasteiger partial charge is 0.345 e. The van der Waals surface area contributed by atoms with Crippen LogP contribution in [0.3, 0.4) is 0 Å². The lowest BCUT2D eigenvalue weighted by molar-refractivity contribution is -0.131. The summed E-state index contributed by atoms with van der Waals surface area (Å²) in [6.07, 6.45) is 3.74. The van der Waals surface area contributed by atoms with Gasteiger partial charge in [-0.05, 0) is 53.1 Å². The number of benzene rings is 3. The van der Waals surface area contributed by atoms with Crippen molar-refractivity contribution in [1.82, 2.24) is 26.8 Å². The molecule has 262 valence electrons. The summed E-state index contributed by atoms with van der Waals surface area (Å²) in [5.41, 5.74) is 6.82. The van der Waals surface area contributed by atoms with Gasteiger partial charge in [0.1, 0.15) is 12.1 Å². The maximum atomic E-state index is 13.5. The molecule has 1 saturated carbocycles. The van der Waals surface area contributed by atoms with Gasteiger partial charge < -0.3 is 21.3 Å². The Labute approximate surface area is 295 Å². The second-order valence-corrected chi connectivity index (χ2v) is 13.4. The highest BCUT2D eigenvalue weighted by atomic mass is 35.5. The summed E-state index contributed by atoms with van der Waals surface area (Å²) in [7, 11) is 0. The van der Waals surface area contributed by atoms with E-state index in [1.165, 1.54) is 0 Å². The molecule has 3 aromatic carbocycles. The molecule has 2 aliphatic rings. The third-order valence-electron chi connectivity index (χ3n) is 9.05. The minimum Gasteiger partial charge on any atom is -0.345 e. The molecule has 50 heavy (non-hydrogen) atoms. The molecule has 0 aromatic heterocycles. The van der Waals surface area contributed by atoms with Crippen molar-refractivity contribution in [3.63, 3.8) is 0 Å². The predicted octanol–water partition coefficient (Wildman–Crippen LogP) is 2.89. The summed E-state index contributed by atoms with van der Waals surface area (Å²) in [6, 6.07) is 21.2. The van der Waals surface area contributed by atoms with Crippen molar-refractivity contribution < 1.29 is 28.8 Å². The fourth-order valence-corrected chi connectivity index (χ4v) is 6.72. The number of rotatable bonds is 9. The summed E-state index contributed by atoms with van der Waals surface area (Å²) in [4.78, 5) is 77.7. The highest BCUT2D eigenvalue weighted by Gasteiger charge is 2.39. The Balaban J connectivity index is 1.26. The van der Waals surface area contributed by atoms with Gasteiger partial charge in [0.25, 0.3) is 5.91 Å². The Morgan fingerprint density at radius 1 is 0.800 bits per heavy atom. The molecule has 0 bridgehead atoms. The molecule has 1 heterocycles. The Bertz CT molecular complexity index is 1710. The lowest BCUT2D eigenvalue weighted by Crippen LogP contribution is -2.51. The molecule has 13 heteroatoms. The first-order chi connectivity index (χ1) is 24.1. The molecule has 1 aliphatic heterocycles.